The molecule has 0 fully saturated rings. The zero-order valence-corrected chi connectivity index (χ0v) is 38.2. The zero-order valence-electron chi connectivity index (χ0n) is 35.4. The molecule has 5 N–H and O–H groups in total. The number of hydrogen-bond acceptors (Lipinski definition) is 8. The molecule has 61 heavy (non-hydrogen) atoms. The molecule has 3 amide bonds. The number of thiophene rings is 2. The van der Waals surface area contributed by atoms with Crippen LogP contribution in [-0.4, -0.2) is 44.4 Å². The number of carbonyl (C=O) groups excluding carboxylic acids is 4. The van der Waals surface area contributed by atoms with Gasteiger partial charge in [-0.05, 0) is 118 Å². The van der Waals surface area contributed by atoms with Gasteiger partial charge in [0.05, 0.1) is 17.7 Å². The number of fused-ring (bicyclic) bond motifs is 2. The van der Waals surface area contributed by atoms with Gasteiger partial charge in [-0.15, -0.1) is 40.0 Å². The Morgan fingerprint density at radius 1 is 0.557 bits per heavy atom. The van der Waals surface area contributed by atoms with E-state index in [2.05, 4.69) is 33.3 Å². The Labute approximate surface area is 372 Å². The van der Waals surface area contributed by atoms with E-state index in [4.69, 9.17) is 10.5 Å². The highest BCUT2D eigenvalue weighted by Gasteiger charge is 2.28. The van der Waals surface area contributed by atoms with E-state index in [0.29, 0.717) is 38.9 Å². The van der Waals surface area contributed by atoms with Gasteiger partial charge in [0.15, 0.2) is 0 Å². The van der Waals surface area contributed by atoms with Crippen molar-refractivity contribution in [3.63, 3.8) is 0 Å². The van der Waals surface area contributed by atoms with Gasteiger partial charge in [-0.25, -0.2) is 4.79 Å². The largest absolute Gasteiger partial charge is 0.462 e. The number of amides is 3. The lowest BCUT2D eigenvalue weighted by Crippen LogP contribution is -2.18. The molecule has 4 aromatic carbocycles. The number of benzene rings is 4. The molecule has 316 valence electrons. The van der Waals surface area contributed by atoms with Crippen LogP contribution >= 0.6 is 22.7 Å². The first kappa shape index (κ1) is 46.6. The average Bonchev–Trinajstić information content (AvgIpc) is 3.83. The predicted octanol–water partition coefficient (Wildman–Crippen LogP) is 11.8. The van der Waals surface area contributed by atoms with E-state index in [1.165, 1.54) is 32.4 Å². The molecule has 0 bridgehead atoms. The van der Waals surface area contributed by atoms with Crippen molar-refractivity contribution in [3.8, 4) is 0 Å². The molecule has 2 aliphatic rings. The Balaban J connectivity index is 0.000000187. The lowest BCUT2D eigenvalue weighted by molar-refractivity contribution is 0.0526. The smallest absolute Gasteiger partial charge is 0.341 e. The molecule has 9 nitrogen and oxygen atoms in total. The molecule has 2 aliphatic carbocycles. The summed E-state index contributed by atoms with van der Waals surface area (Å²) in [6.45, 7) is 2.12. The summed E-state index contributed by atoms with van der Waals surface area (Å²) in [5.74, 6) is 6.02. The van der Waals surface area contributed by atoms with Crippen LogP contribution in [0.4, 0.5) is 21.4 Å². The minimum absolute atomic E-state index is 0.139. The van der Waals surface area contributed by atoms with Gasteiger partial charge in [-0.2, -0.15) is 0 Å². The standard InChI is InChI=1S/C22H20N2O2S.C18H19NO3S.C6H7N.3CH3.Al/c25-20(15-9-3-1-4-10-15)24-22-19(17-13-7-8-14-18(17)27-22)21(26)23-16-11-5-2-6-12-16;1-2-22-18(21)15-13-10-6-7-11-14(13)23-17(15)19-16(20)12-8-4-3-5-9-12;7-6-4-2-1-3-5-6;;;;/h1-6,9-12H,7-8,13-14H2,(H,23,26)(H,24,25);3-5,8-9H,2,6-7,10-11H2,1H3,(H,19,20);1-5H,7H2;3*1H3;. The van der Waals surface area contributed by atoms with Crippen molar-refractivity contribution in [3.05, 3.63) is 164 Å². The number of nitrogens with one attached hydrogen (secondary N) is 3. The Kier molecular flexibility index (Phi) is 18.4. The fourth-order valence-electron chi connectivity index (χ4n) is 6.67. The number of hydrogen-bond donors (Lipinski definition) is 4. The van der Waals surface area contributed by atoms with Crippen molar-refractivity contribution in [2.24, 2.45) is 0 Å². The molecule has 0 saturated carbocycles. The van der Waals surface area contributed by atoms with Crippen LogP contribution in [0.3, 0.4) is 0 Å². The number of ether oxygens (including phenoxy) is 1. The van der Waals surface area contributed by atoms with Crippen LogP contribution < -0.4 is 21.7 Å². The highest BCUT2D eigenvalue weighted by atomic mass is 32.1. The first-order valence-electron chi connectivity index (χ1n) is 20.9. The van der Waals surface area contributed by atoms with Gasteiger partial charge < -0.3 is 26.4 Å². The highest BCUT2D eigenvalue weighted by Crippen LogP contribution is 2.40. The predicted molar refractivity (Wildman–Crippen MR) is 255 cm³/mol. The van der Waals surface area contributed by atoms with Crippen LogP contribution in [0.5, 0.6) is 0 Å². The molecular formula is C49H55AlN4O5S2. The third-order valence-corrected chi connectivity index (χ3v) is 11.8. The highest BCUT2D eigenvalue weighted by molar-refractivity contribution is 7.17. The topological polar surface area (TPSA) is 140 Å². The normalized spacial score (nSPS) is 12.1. The zero-order chi connectivity index (χ0) is 43.6. The molecule has 0 spiro atoms. The van der Waals surface area contributed by atoms with E-state index in [1.807, 2.05) is 97.1 Å². The van der Waals surface area contributed by atoms with Gasteiger partial charge in [-0.3, -0.25) is 14.4 Å². The van der Waals surface area contributed by atoms with Crippen LogP contribution in [-0.2, 0) is 30.4 Å². The number of rotatable bonds is 8. The maximum atomic E-state index is 13.0. The van der Waals surface area contributed by atoms with Gasteiger partial charge in [0.2, 0.25) is 0 Å². The molecular weight excluding hydrogens is 816 g/mol. The number of para-hydroxylation sites is 2. The number of carbonyl (C=O) groups is 4. The van der Waals surface area contributed by atoms with Crippen molar-refractivity contribution in [2.45, 2.75) is 75.6 Å². The van der Waals surface area contributed by atoms with Gasteiger partial charge in [0, 0.05) is 32.3 Å². The second-order valence-corrected chi connectivity index (χ2v) is 20.8. The summed E-state index contributed by atoms with van der Waals surface area (Å²) in [6.07, 6.45) is 8.08. The molecule has 6 aromatic rings. The first-order valence-corrected chi connectivity index (χ1v) is 26.0. The fraction of sp³-hybridized carbons (Fsp3) is 0.265. The molecule has 8 rings (SSSR count). The third kappa shape index (κ3) is 14.0. The van der Waals surface area contributed by atoms with Crippen molar-refractivity contribution >= 4 is 81.9 Å². The quantitative estimate of drug-likeness (QED) is 0.0682. The first-order chi connectivity index (χ1) is 29.5. The molecule has 0 aliphatic heterocycles. The fourth-order valence-corrected chi connectivity index (χ4v) is 9.22. The van der Waals surface area contributed by atoms with Crippen LogP contribution in [0.2, 0.25) is 17.4 Å². The van der Waals surface area contributed by atoms with Crippen LogP contribution in [0.15, 0.2) is 121 Å². The van der Waals surface area contributed by atoms with E-state index >= 15 is 0 Å². The Hall–Kier alpha value is -5.51. The number of nitrogen functional groups attached to an aromatic ring is 1. The molecule has 0 unspecified atom stereocenters. The van der Waals surface area contributed by atoms with Crippen molar-refractivity contribution in [1.82, 2.24) is 0 Å². The maximum Gasteiger partial charge on any atom is 0.341 e. The summed E-state index contributed by atoms with van der Waals surface area (Å²) in [5, 5.41) is 10.1. The summed E-state index contributed by atoms with van der Waals surface area (Å²) in [7, 11) is 0. The van der Waals surface area contributed by atoms with Crippen molar-refractivity contribution in [2.75, 3.05) is 28.3 Å². The molecule has 2 heterocycles. The molecule has 12 heteroatoms. The second kappa shape index (κ2) is 24.1. The molecule has 0 saturated heterocycles. The number of anilines is 4. The monoisotopic (exact) mass is 870 g/mol. The lowest BCUT2D eigenvalue weighted by Gasteiger charge is -2.13. The van der Waals surface area contributed by atoms with Crippen LogP contribution in [0.25, 0.3) is 0 Å². The van der Waals surface area contributed by atoms with Crippen molar-refractivity contribution < 1.29 is 23.9 Å². The number of nitrogens with two attached hydrogens (primary N) is 1. The van der Waals surface area contributed by atoms with Crippen LogP contribution in [0.1, 0.15) is 94.9 Å². The SMILES string of the molecule is CCOC(=O)c1c(NC(=O)c2ccccc2)sc2c1CCCC2.Nc1ccccc1.O=C(Nc1sc2c(c1C(=O)Nc1ccccc1)CCCC2)c1ccccc1.[CH3][Al]([CH3])[CH3]. The summed E-state index contributed by atoms with van der Waals surface area (Å²) < 4.78 is 5.20. The maximum absolute atomic E-state index is 13.0. The number of aryl methyl sites for hydroxylation is 2. The van der Waals surface area contributed by atoms with Gasteiger partial charge >= 0.3 is 5.97 Å². The summed E-state index contributed by atoms with van der Waals surface area (Å²) in [6, 6.07) is 37.0. The van der Waals surface area contributed by atoms with E-state index < -0.39 is 0 Å². The minimum atomic E-state index is -0.338. The van der Waals surface area contributed by atoms with E-state index in [9.17, 15) is 19.2 Å². The van der Waals surface area contributed by atoms with Gasteiger partial charge in [-0.1, -0.05) is 72.8 Å². The Morgan fingerprint density at radius 2 is 0.951 bits per heavy atom. The summed E-state index contributed by atoms with van der Waals surface area (Å²) in [4.78, 5) is 52.8. The molecule has 0 radical (unpaired) electrons. The Morgan fingerprint density at radius 3 is 1.38 bits per heavy atom. The van der Waals surface area contributed by atoms with Crippen molar-refractivity contribution in [1.29, 1.82) is 0 Å². The summed E-state index contributed by atoms with van der Waals surface area (Å²) >= 11 is 2.90. The van der Waals surface area contributed by atoms with E-state index in [1.54, 1.807) is 31.2 Å². The molecule has 2 aromatic heterocycles. The van der Waals surface area contributed by atoms with Crippen LogP contribution in [0, 0.1) is 0 Å². The second-order valence-electron chi connectivity index (χ2n) is 15.2. The van der Waals surface area contributed by atoms with Gasteiger partial charge in [0.25, 0.3) is 31.9 Å². The molecule has 0 atom stereocenters. The summed E-state index contributed by atoms with van der Waals surface area (Å²) in [5.41, 5.74) is 11.4. The average molecular weight is 871 g/mol. The number of esters is 1. The Bertz CT molecular complexity index is 2330. The lowest BCUT2D eigenvalue weighted by atomic mass is 9.95. The van der Waals surface area contributed by atoms with Gasteiger partial charge in [0.1, 0.15) is 10.0 Å². The van der Waals surface area contributed by atoms with E-state index in [0.717, 1.165) is 73.9 Å². The van der Waals surface area contributed by atoms with E-state index in [-0.39, 0.29) is 37.8 Å². The third-order valence-electron chi connectivity index (χ3n) is 9.41. The minimum Gasteiger partial charge on any atom is -0.462 e.